The predicted octanol–water partition coefficient (Wildman–Crippen LogP) is 5.16. The second-order valence-corrected chi connectivity index (χ2v) is 5.74. The zero-order valence-electron chi connectivity index (χ0n) is 10.3. The Bertz CT molecular complexity index is 350. The summed E-state index contributed by atoms with van der Waals surface area (Å²) in [6, 6.07) is 6.61. The van der Waals surface area contributed by atoms with Gasteiger partial charge in [0.25, 0.3) is 0 Å². The van der Waals surface area contributed by atoms with E-state index >= 15 is 0 Å². The molecule has 0 heterocycles. The van der Waals surface area contributed by atoms with E-state index in [1.54, 1.807) is 0 Å². The molecule has 0 N–H and O–H groups in total. The average Bonchev–Trinajstić information content (AvgIpc) is 2.74. The average molecular weight is 237 g/mol. The molecule has 1 aliphatic carbocycles. The van der Waals surface area contributed by atoms with Crippen LogP contribution in [0.2, 0.25) is 0 Å². The molecule has 1 unspecified atom stereocenters. The third-order valence-electron chi connectivity index (χ3n) is 3.79. The summed E-state index contributed by atoms with van der Waals surface area (Å²) in [5, 5.41) is 0.211. The molecule has 1 heteroatoms. The molecule has 1 aliphatic rings. The summed E-state index contributed by atoms with van der Waals surface area (Å²) in [7, 11) is 0. The minimum absolute atomic E-state index is 0.211. The number of benzene rings is 1. The van der Waals surface area contributed by atoms with Crippen molar-refractivity contribution < 1.29 is 0 Å². The summed E-state index contributed by atoms with van der Waals surface area (Å²) in [4.78, 5) is 0. The van der Waals surface area contributed by atoms with Crippen LogP contribution < -0.4 is 0 Å². The van der Waals surface area contributed by atoms with Gasteiger partial charge in [-0.3, -0.25) is 0 Å². The highest BCUT2D eigenvalue weighted by Crippen LogP contribution is 2.37. The number of hydrogen-bond acceptors (Lipinski definition) is 0. The molecule has 0 aromatic heterocycles. The fourth-order valence-corrected chi connectivity index (χ4v) is 3.25. The van der Waals surface area contributed by atoms with E-state index in [0.717, 1.165) is 12.3 Å². The number of aryl methyl sites for hydroxylation is 2. The van der Waals surface area contributed by atoms with E-state index in [1.165, 1.54) is 42.4 Å². The first-order chi connectivity index (χ1) is 7.66. The molecule has 1 aromatic carbocycles. The molecule has 1 saturated carbocycles. The molecular formula is C15H21Cl. The van der Waals surface area contributed by atoms with E-state index in [1.807, 2.05) is 0 Å². The van der Waals surface area contributed by atoms with Crippen molar-refractivity contribution in [2.75, 3.05) is 0 Å². The lowest BCUT2D eigenvalue weighted by atomic mass is 9.94. The van der Waals surface area contributed by atoms with Crippen LogP contribution in [0.1, 0.15) is 54.2 Å². The van der Waals surface area contributed by atoms with Crippen molar-refractivity contribution in [3.05, 3.63) is 34.9 Å². The molecular weight excluding hydrogens is 216 g/mol. The molecule has 0 aliphatic heterocycles. The molecule has 0 amide bonds. The van der Waals surface area contributed by atoms with Crippen LogP contribution in [0.15, 0.2) is 18.2 Å². The third kappa shape index (κ3) is 2.79. The Kier molecular flexibility index (Phi) is 3.91. The molecule has 0 radical (unpaired) electrons. The van der Waals surface area contributed by atoms with Gasteiger partial charge in [0.2, 0.25) is 0 Å². The third-order valence-corrected chi connectivity index (χ3v) is 4.20. The topological polar surface area (TPSA) is 0 Å². The largest absolute Gasteiger partial charge is 0.118 e. The molecule has 1 aromatic rings. The lowest BCUT2D eigenvalue weighted by Crippen LogP contribution is -2.01. The van der Waals surface area contributed by atoms with Crippen molar-refractivity contribution in [2.45, 2.75) is 51.3 Å². The summed E-state index contributed by atoms with van der Waals surface area (Å²) in [5.41, 5.74) is 4.00. The fourth-order valence-electron chi connectivity index (χ4n) is 2.76. The molecule has 0 nitrogen and oxygen atoms in total. The number of hydrogen-bond donors (Lipinski definition) is 0. The highest BCUT2D eigenvalue weighted by Gasteiger charge is 2.20. The molecule has 16 heavy (non-hydrogen) atoms. The fraction of sp³-hybridized carbons (Fsp3) is 0.600. The Morgan fingerprint density at radius 1 is 1.25 bits per heavy atom. The highest BCUT2D eigenvalue weighted by atomic mass is 35.5. The number of halogens is 1. The van der Waals surface area contributed by atoms with Crippen LogP contribution in [0, 0.1) is 19.8 Å². The van der Waals surface area contributed by atoms with Crippen LogP contribution in [-0.4, -0.2) is 0 Å². The summed E-state index contributed by atoms with van der Waals surface area (Å²) in [5.74, 6) is 0.863. The van der Waals surface area contributed by atoms with Crippen molar-refractivity contribution in [2.24, 2.45) is 5.92 Å². The van der Waals surface area contributed by atoms with E-state index in [2.05, 4.69) is 32.0 Å². The minimum atomic E-state index is 0.211. The van der Waals surface area contributed by atoms with Gasteiger partial charge in [0, 0.05) is 0 Å². The Balaban J connectivity index is 2.07. The van der Waals surface area contributed by atoms with Crippen molar-refractivity contribution in [1.82, 2.24) is 0 Å². The summed E-state index contributed by atoms with van der Waals surface area (Å²) < 4.78 is 0. The quantitative estimate of drug-likeness (QED) is 0.636. The monoisotopic (exact) mass is 236 g/mol. The first-order valence-electron chi connectivity index (χ1n) is 6.38. The van der Waals surface area contributed by atoms with Gasteiger partial charge in [-0.05, 0) is 37.3 Å². The van der Waals surface area contributed by atoms with Crippen molar-refractivity contribution in [3.63, 3.8) is 0 Å². The lowest BCUT2D eigenvalue weighted by Gasteiger charge is -2.17. The summed E-state index contributed by atoms with van der Waals surface area (Å²) in [6.45, 7) is 4.31. The van der Waals surface area contributed by atoms with Gasteiger partial charge in [-0.15, -0.1) is 11.6 Å². The lowest BCUT2D eigenvalue weighted by molar-refractivity contribution is 0.495. The van der Waals surface area contributed by atoms with Crippen LogP contribution in [0.3, 0.4) is 0 Å². The van der Waals surface area contributed by atoms with E-state index < -0.39 is 0 Å². The minimum Gasteiger partial charge on any atom is -0.118 e. The van der Waals surface area contributed by atoms with Crippen LogP contribution >= 0.6 is 11.6 Å². The van der Waals surface area contributed by atoms with Gasteiger partial charge in [0.15, 0.2) is 0 Å². The van der Waals surface area contributed by atoms with Gasteiger partial charge in [-0.1, -0.05) is 49.4 Å². The normalized spacial score (nSPS) is 18.9. The van der Waals surface area contributed by atoms with Crippen molar-refractivity contribution in [1.29, 1.82) is 0 Å². The second kappa shape index (κ2) is 5.23. The van der Waals surface area contributed by atoms with Gasteiger partial charge in [-0.2, -0.15) is 0 Å². The van der Waals surface area contributed by atoms with Crippen molar-refractivity contribution >= 4 is 11.6 Å². The summed E-state index contributed by atoms with van der Waals surface area (Å²) in [6.07, 6.45) is 6.73. The molecule has 0 bridgehead atoms. The van der Waals surface area contributed by atoms with E-state index in [9.17, 15) is 0 Å². The Morgan fingerprint density at radius 3 is 2.62 bits per heavy atom. The second-order valence-electron chi connectivity index (χ2n) is 5.21. The van der Waals surface area contributed by atoms with Gasteiger partial charge in [0.1, 0.15) is 0 Å². The number of rotatable bonds is 3. The molecule has 1 atom stereocenters. The molecule has 1 fully saturated rings. The molecule has 2 rings (SSSR count). The Morgan fingerprint density at radius 2 is 1.94 bits per heavy atom. The molecule has 0 spiro atoms. The maximum absolute atomic E-state index is 6.56. The SMILES string of the molecule is Cc1ccc(C)c(C(Cl)CC2CCCC2)c1. The van der Waals surface area contributed by atoms with Gasteiger partial charge in [0.05, 0.1) is 5.38 Å². The van der Waals surface area contributed by atoms with Gasteiger partial charge in [-0.25, -0.2) is 0 Å². The van der Waals surface area contributed by atoms with E-state index in [0.29, 0.717) is 0 Å². The van der Waals surface area contributed by atoms with Crippen molar-refractivity contribution in [3.8, 4) is 0 Å². The number of alkyl halides is 1. The van der Waals surface area contributed by atoms with E-state index in [4.69, 9.17) is 11.6 Å². The standard InChI is InChI=1S/C15H21Cl/c1-11-7-8-12(2)14(9-11)15(16)10-13-5-3-4-6-13/h7-9,13,15H,3-6,10H2,1-2H3. The maximum atomic E-state index is 6.56. The zero-order valence-corrected chi connectivity index (χ0v) is 11.1. The zero-order chi connectivity index (χ0) is 11.5. The Hall–Kier alpha value is -0.490. The van der Waals surface area contributed by atoms with Crippen LogP contribution in [0.5, 0.6) is 0 Å². The first-order valence-corrected chi connectivity index (χ1v) is 6.81. The molecule has 88 valence electrons. The Labute approximate surface area is 104 Å². The van der Waals surface area contributed by atoms with Crippen LogP contribution in [0.4, 0.5) is 0 Å². The summed E-state index contributed by atoms with van der Waals surface area (Å²) >= 11 is 6.56. The maximum Gasteiger partial charge on any atom is 0.0590 e. The van der Waals surface area contributed by atoms with E-state index in [-0.39, 0.29) is 5.38 Å². The highest BCUT2D eigenvalue weighted by molar-refractivity contribution is 6.20. The predicted molar refractivity (Wildman–Crippen MR) is 71.1 cm³/mol. The van der Waals surface area contributed by atoms with Gasteiger partial charge >= 0.3 is 0 Å². The molecule has 0 saturated heterocycles. The smallest absolute Gasteiger partial charge is 0.0590 e. The first kappa shape index (κ1) is 12.0. The van der Waals surface area contributed by atoms with Gasteiger partial charge < -0.3 is 0 Å². The van der Waals surface area contributed by atoms with Crippen LogP contribution in [-0.2, 0) is 0 Å². The van der Waals surface area contributed by atoms with Crippen LogP contribution in [0.25, 0.3) is 0 Å².